The summed E-state index contributed by atoms with van der Waals surface area (Å²) in [6.45, 7) is 3.15. The van der Waals surface area contributed by atoms with Gasteiger partial charge in [0.15, 0.2) is 0 Å². The van der Waals surface area contributed by atoms with E-state index in [1.165, 1.54) is 12.8 Å². The van der Waals surface area contributed by atoms with Crippen LogP contribution in [0.4, 0.5) is 0 Å². The first-order chi connectivity index (χ1) is 9.42. The molecular weight excluding hydrogens is 274 g/mol. The maximum atomic E-state index is 12.3. The second-order valence-electron chi connectivity index (χ2n) is 5.96. The maximum Gasteiger partial charge on any atom is 0.242 e. The topological polar surface area (TPSA) is 77.1 Å². The van der Waals surface area contributed by atoms with E-state index >= 15 is 0 Å². The van der Waals surface area contributed by atoms with E-state index in [4.69, 9.17) is 5.73 Å². The molecule has 1 saturated carbocycles. The van der Waals surface area contributed by atoms with Crippen LogP contribution in [0.25, 0.3) is 0 Å². The van der Waals surface area contributed by atoms with Gasteiger partial charge < -0.3 is 10.3 Å². The fraction of sp³-hybridized carbons (Fsp3) is 0.714. The van der Waals surface area contributed by atoms with Crippen molar-refractivity contribution in [1.82, 2.24) is 9.29 Å². The van der Waals surface area contributed by atoms with Gasteiger partial charge in [-0.1, -0.05) is 19.8 Å². The van der Waals surface area contributed by atoms with Gasteiger partial charge in [0, 0.05) is 32.0 Å². The number of rotatable bonds is 5. The van der Waals surface area contributed by atoms with Crippen LogP contribution < -0.4 is 10.5 Å². The monoisotopic (exact) mass is 299 g/mol. The quantitative estimate of drug-likeness (QED) is 0.866. The summed E-state index contributed by atoms with van der Waals surface area (Å²) in [7, 11) is -1.60. The van der Waals surface area contributed by atoms with Crippen molar-refractivity contribution in [1.29, 1.82) is 0 Å². The van der Waals surface area contributed by atoms with Crippen LogP contribution in [0.5, 0.6) is 0 Å². The summed E-state index contributed by atoms with van der Waals surface area (Å²) in [5, 5.41) is 0. The fourth-order valence-corrected chi connectivity index (χ4v) is 3.98. The Bertz CT molecular complexity index is 543. The lowest BCUT2D eigenvalue weighted by atomic mass is 9.83. The van der Waals surface area contributed by atoms with Crippen molar-refractivity contribution < 1.29 is 8.42 Å². The largest absolute Gasteiger partial charge is 0.352 e. The number of nitrogens with zero attached hydrogens (tertiary/aromatic N) is 1. The fourth-order valence-electron chi connectivity index (χ4n) is 2.77. The third kappa shape index (κ3) is 3.62. The van der Waals surface area contributed by atoms with Crippen molar-refractivity contribution in [3.63, 3.8) is 0 Å². The molecule has 2 rings (SSSR count). The summed E-state index contributed by atoms with van der Waals surface area (Å²) in [6, 6.07) is 1.64. The number of sulfonamides is 1. The van der Waals surface area contributed by atoms with Crippen LogP contribution in [0.1, 0.15) is 38.3 Å². The molecule has 1 heterocycles. The molecule has 0 unspecified atom stereocenters. The van der Waals surface area contributed by atoms with E-state index in [-0.39, 0.29) is 0 Å². The van der Waals surface area contributed by atoms with Crippen molar-refractivity contribution >= 4 is 10.0 Å². The van der Waals surface area contributed by atoms with Crippen molar-refractivity contribution in [3.8, 4) is 0 Å². The Kier molecular flexibility index (Phi) is 4.88. The molecule has 20 heavy (non-hydrogen) atoms. The maximum absolute atomic E-state index is 12.3. The Morgan fingerprint density at radius 1 is 1.35 bits per heavy atom. The Hall–Kier alpha value is -0.850. The van der Waals surface area contributed by atoms with Gasteiger partial charge in [-0.3, -0.25) is 0 Å². The highest BCUT2D eigenvalue weighted by atomic mass is 32.2. The van der Waals surface area contributed by atoms with Crippen molar-refractivity contribution in [2.75, 3.05) is 6.54 Å². The number of nitrogens with one attached hydrogen (secondary N) is 1. The molecule has 0 saturated heterocycles. The van der Waals surface area contributed by atoms with Gasteiger partial charge in [0.05, 0.1) is 4.90 Å². The summed E-state index contributed by atoms with van der Waals surface area (Å²) in [5.41, 5.74) is 6.39. The van der Waals surface area contributed by atoms with Crippen LogP contribution in [-0.4, -0.2) is 19.5 Å². The van der Waals surface area contributed by atoms with E-state index in [1.54, 1.807) is 16.8 Å². The van der Waals surface area contributed by atoms with Gasteiger partial charge in [-0.2, -0.15) is 0 Å². The standard InChI is InChI=1S/C14H25N3O2S/c1-11-3-5-12(6-4-11)9-16-20(18,19)14-7-13(8-15)17(2)10-14/h7,10-12,16H,3-6,8-9,15H2,1-2H3. The zero-order valence-corrected chi connectivity index (χ0v) is 13.1. The van der Waals surface area contributed by atoms with Crippen LogP contribution in [0.3, 0.4) is 0 Å². The molecule has 0 aromatic carbocycles. The Morgan fingerprint density at radius 3 is 2.55 bits per heavy atom. The first-order valence-electron chi connectivity index (χ1n) is 7.27. The Morgan fingerprint density at radius 2 is 2.00 bits per heavy atom. The summed E-state index contributed by atoms with van der Waals surface area (Å²) in [4.78, 5) is 0.310. The molecule has 6 heteroatoms. The molecule has 0 amide bonds. The molecule has 114 valence electrons. The normalized spacial score (nSPS) is 23.9. The van der Waals surface area contributed by atoms with Gasteiger partial charge in [-0.25, -0.2) is 13.1 Å². The predicted molar refractivity (Wildman–Crippen MR) is 79.6 cm³/mol. The van der Waals surface area contributed by atoms with E-state index in [9.17, 15) is 8.42 Å². The molecule has 0 aliphatic heterocycles. The van der Waals surface area contributed by atoms with Gasteiger partial charge in [0.2, 0.25) is 10.0 Å². The average Bonchev–Trinajstić information content (AvgIpc) is 2.80. The molecule has 5 nitrogen and oxygen atoms in total. The lowest BCUT2D eigenvalue weighted by Gasteiger charge is -2.26. The van der Waals surface area contributed by atoms with E-state index in [2.05, 4.69) is 11.6 Å². The minimum Gasteiger partial charge on any atom is -0.352 e. The van der Waals surface area contributed by atoms with Crippen LogP contribution in [-0.2, 0) is 23.6 Å². The molecule has 0 atom stereocenters. The van der Waals surface area contributed by atoms with Crippen molar-refractivity contribution in [2.45, 2.75) is 44.0 Å². The van der Waals surface area contributed by atoms with Crippen LogP contribution in [0.2, 0.25) is 0 Å². The third-order valence-corrected chi connectivity index (χ3v) is 5.69. The predicted octanol–water partition coefficient (Wildman–Crippen LogP) is 1.59. The summed E-state index contributed by atoms with van der Waals surface area (Å²) in [5.74, 6) is 1.25. The molecule has 0 radical (unpaired) electrons. The first kappa shape index (κ1) is 15.5. The molecular formula is C14H25N3O2S. The first-order valence-corrected chi connectivity index (χ1v) is 8.75. The van der Waals surface area contributed by atoms with Gasteiger partial charge >= 0.3 is 0 Å². The zero-order valence-electron chi connectivity index (χ0n) is 12.3. The summed E-state index contributed by atoms with van der Waals surface area (Å²) < 4.78 is 29.0. The highest BCUT2D eigenvalue weighted by molar-refractivity contribution is 7.89. The number of hydrogen-bond donors (Lipinski definition) is 2. The molecule has 0 bridgehead atoms. The number of nitrogens with two attached hydrogens (primary N) is 1. The van der Waals surface area contributed by atoms with Crippen molar-refractivity contribution in [2.24, 2.45) is 24.6 Å². The zero-order chi connectivity index (χ0) is 14.8. The average molecular weight is 299 g/mol. The third-order valence-electron chi connectivity index (χ3n) is 4.30. The number of aromatic nitrogens is 1. The Balaban J connectivity index is 1.96. The minimum atomic E-state index is -3.41. The lowest BCUT2D eigenvalue weighted by molar-refractivity contribution is 0.290. The SMILES string of the molecule is CC1CCC(CNS(=O)(=O)c2cc(CN)n(C)c2)CC1. The van der Waals surface area contributed by atoms with Crippen LogP contribution in [0, 0.1) is 11.8 Å². The van der Waals surface area contributed by atoms with Gasteiger partial charge in [0.1, 0.15) is 0 Å². The summed E-state index contributed by atoms with van der Waals surface area (Å²) >= 11 is 0. The molecule has 1 aliphatic rings. The Labute approximate surface area is 121 Å². The molecule has 1 aromatic rings. The van der Waals surface area contributed by atoms with Crippen LogP contribution in [0.15, 0.2) is 17.2 Å². The molecule has 3 N–H and O–H groups in total. The van der Waals surface area contributed by atoms with Crippen LogP contribution >= 0.6 is 0 Å². The molecule has 1 aromatic heterocycles. The highest BCUT2D eigenvalue weighted by Crippen LogP contribution is 2.28. The smallest absolute Gasteiger partial charge is 0.242 e. The second kappa shape index (κ2) is 6.28. The molecule has 1 fully saturated rings. The number of hydrogen-bond acceptors (Lipinski definition) is 3. The molecule has 1 aliphatic carbocycles. The highest BCUT2D eigenvalue weighted by Gasteiger charge is 2.22. The van der Waals surface area contributed by atoms with E-state index in [0.29, 0.717) is 23.9 Å². The molecule has 0 spiro atoms. The van der Waals surface area contributed by atoms with E-state index < -0.39 is 10.0 Å². The summed E-state index contributed by atoms with van der Waals surface area (Å²) in [6.07, 6.45) is 6.26. The number of aryl methyl sites for hydroxylation is 1. The van der Waals surface area contributed by atoms with Gasteiger partial charge in [-0.05, 0) is 30.7 Å². The van der Waals surface area contributed by atoms with E-state index in [1.807, 2.05) is 7.05 Å². The van der Waals surface area contributed by atoms with Gasteiger partial charge in [0.25, 0.3) is 0 Å². The minimum absolute atomic E-state index is 0.310. The lowest BCUT2D eigenvalue weighted by Crippen LogP contribution is -2.31. The van der Waals surface area contributed by atoms with Crippen molar-refractivity contribution in [3.05, 3.63) is 18.0 Å². The van der Waals surface area contributed by atoms with E-state index in [0.717, 1.165) is 24.5 Å². The second-order valence-corrected chi connectivity index (χ2v) is 7.73. The van der Waals surface area contributed by atoms with Gasteiger partial charge in [-0.15, -0.1) is 0 Å².